The van der Waals surface area contributed by atoms with Crippen LogP contribution in [0, 0.1) is 0 Å². The summed E-state index contributed by atoms with van der Waals surface area (Å²) in [7, 11) is 3.57. The van der Waals surface area contributed by atoms with E-state index >= 15 is 0 Å². The smallest absolute Gasteiger partial charge is 0.226 e. The van der Waals surface area contributed by atoms with Gasteiger partial charge in [0.15, 0.2) is 0 Å². The maximum absolute atomic E-state index is 5.45. The zero-order chi connectivity index (χ0) is 12.1. The molecule has 1 aromatic carbocycles. The predicted molar refractivity (Wildman–Crippen MR) is 66.1 cm³/mol. The minimum Gasteiger partial charge on any atom is -0.497 e. The van der Waals surface area contributed by atoms with E-state index in [1.165, 1.54) is 0 Å². The lowest BCUT2D eigenvalue weighted by Crippen LogP contribution is -2.10. The number of hydrogen-bond acceptors (Lipinski definition) is 4. The molecule has 0 bridgehead atoms. The van der Waals surface area contributed by atoms with Gasteiger partial charge in [0.2, 0.25) is 5.89 Å². The van der Waals surface area contributed by atoms with Crippen LogP contribution in [0.15, 0.2) is 34.9 Å². The number of ether oxygens (including phenoxy) is 1. The zero-order valence-corrected chi connectivity index (χ0v) is 10.1. The quantitative estimate of drug-likeness (QED) is 0.857. The van der Waals surface area contributed by atoms with E-state index in [0.29, 0.717) is 5.89 Å². The van der Waals surface area contributed by atoms with E-state index in [0.717, 1.165) is 30.0 Å². The van der Waals surface area contributed by atoms with E-state index in [9.17, 15) is 0 Å². The SMILES string of the molecule is CNCCc1coc(-c2cccc(OC)c2)n1. The first kappa shape index (κ1) is 11.7. The summed E-state index contributed by atoms with van der Waals surface area (Å²) in [6.45, 7) is 0.893. The lowest BCUT2D eigenvalue weighted by atomic mass is 10.2. The predicted octanol–water partition coefficient (Wildman–Crippen LogP) is 2.11. The Morgan fingerprint density at radius 1 is 1.41 bits per heavy atom. The van der Waals surface area contributed by atoms with Gasteiger partial charge in [-0.25, -0.2) is 4.98 Å². The third-order valence-corrected chi connectivity index (χ3v) is 2.50. The van der Waals surface area contributed by atoms with Crippen LogP contribution >= 0.6 is 0 Å². The molecule has 0 aliphatic heterocycles. The van der Waals surface area contributed by atoms with Crippen LogP contribution in [0.1, 0.15) is 5.69 Å². The maximum atomic E-state index is 5.45. The van der Waals surface area contributed by atoms with E-state index < -0.39 is 0 Å². The Balaban J connectivity index is 2.18. The third-order valence-electron chi connectivity index (χ3n) is 2.50. The molecule has 0 unspecified atom stereocenters. The summed E-state index contributed by atoms with van der Waals surface area (Å²) in [6.07, 6.45) is 2.57. The van der Waals surface area contributed by atoms with E-state index in [1.807, 2.05) is 31.3 Å². The fraction of sp³-hybridized carbons (Fsp3) is 0.308. The second-order valence-corrected chi connectivity index (χ2v) is 3.73. The number of aromatic nitrogens is 1. The molecule has 0 saturated heterocycles. The van der Waals surface area contributed by atoms with Crippen molar-refractivity contribution in [2.75, 3.05) is 20.7 Å². The van der Waals surface area contributed by atoms with Crippen LogP contribution in [0.5, 0.6) is 5.75 Å². The molecule has 0 spiro atoms. The number of nitrogens with one attached hydrogen (secondary N) is 1. The highest BCUT2D eigenvalue weighted by molar-refractivity contribution is 5.55. The molecule has 1 aromatic heterocycles. The highest BCUT2D eigenvalue weighted by atomic mass is 16.5. The van der Waals surface area contributed by atoms with E-state index in [1.54, 1.807) is 13.4 Å². The summed E-state index contributed by atoms with van der Waals surface area (Å²) in [5.74, 6) is 1.44. The molecule has 17 heavy (non-hydrogen) atoms. The van der Waals surface area contributed by atoms with Gasteiger partial charge in [-0.15, -0.1) is 0 Å². The van der Waals surface area contributed by atoms with Crippen LogP contribution in [-0.2, 0) is 6.42 Å². The van der Waals surface area contributed by atoms with Crippen molar-refractivity contribution >= 4 is 0 Å². The van der Waals surface area contributed by atoms with Crippen LogP contribution in [0.3, 0.4) is 0 Å². The Morgan fingerprint density at radius 3 is 3.06 bits per heavy atom. The number of benzene rings is 1. The van der Waals surface area contributed by atoms with Gasteiger partial charge in [-0.05, 0) is 25.2 Å². The maximum Gasteiger partial charge on any atom is 0.226 e. The fourth-order valence-electron chi connectivity index (χ4n) is 1.56. The number of likely N-dealkylation sites (N-methyl/N-ethyl adjacent to an activating group) is 1. The Labute approximate surface area is 101 Å². The molecular weight excluding hydrogens is 216 g/mol. The lowest BCUT2D eigenvalue weighted by molar-refractivity contribution is 0.414. The standard InChI is InChI=1S/C13H16N2O2/c1-14-7-6-11-9-17-13(15-11)10-4-3-5-12(8-10)16-2/h3-5,8-9,14H,6-7H2,1-2H3. The minimum absolute atomic E-state index is 0.634. The Hall–Kier alpha value is -1.81. The molecule has 4 heteroatoms. The average molecular weight is 232 g/mol. The Kier molecular flexibility index (Phi) is 3.77. The summed E-state index contributed by atoms with van der Waals surface area (Å²) >= 11 is 0. The van der Waals surface area contributed by atoms with E-state index in [2.05, 4.69) is 10.3 Å². The molecule has 0 amide bonds. The van der Waals surface area contributed by atoms with Gasteiger partial charge in [0, 0.05) is 18.5 Å². The van der Waals surface area contributed by atoms with Crippen molar-refractivity contribution in [1.82, 2.24) is 10.3 Å². The second-order valence-electron chi connectivity index (χ2n) is 3.73. The molecule has 1 heterocycles. The minimum atomic E-state index is 0.634. The van der Waals surface area contributed by atoms with Crippen LogP contribution < -0.4 is 10.1 Å². The summed E-state index contributed by atoms with van der Waals surface area (Å²) in [5, 5.41) is 3.08. The van der Waals surface area contributed by atoms with Crippen molar-refractivity contribution < 1.29 is 9.15 Å². The first-order chi connectivity index (χ1) is 8.33. The molecule has 0 aliphatic carbocycles. The van der Waals surface area contributed by atoms with Gasteiger partial charge in [-0.3, -0.25) is 0 Å². The summed E-state index contributed by atoms with van der Waals surface area (Å²) in [5.41, 5.74) is 1.89. The first-order valence-corrected chi connectivity index (χ1v) is 5.57. The molecule has 4 nitrogen and oxygen atoms in total. The average Bonchev–Trinajstić information content (AvgIpc) is 2.85. The number of rotatable bonds is 5. The first-order valence-electron chi connectivity index (χ1n) is 5.57. The number of hydrogen-bond donors (Lipinski definition) is 1. The van der Waals surface area contributed by atoms with Crippen molar-refractivity contribution in [3.8, 4) is 17.2 Å². The van der Waals surface area contributed by atoms with Crippen LogP contribution in [0.2, 0.25) is 0 Å². The Bertz CT molecular complexity index is 480. The molecule has 1 N–H and O–H groups in total. The largest absolute Gasteiger partial charge is 0.497 e. The molecule has 0 aliphatic rings. The normalized spacial score (nSPS) is 10.5. The molecule has 0 fully saturated rings. The van der Waals surface area contributed by atoms with Crippen molar-refractivity contribution in [3.63, 3.8) is 0 Å². The van der Waals surface area contributed by atoms with Crippen LogP contribution in [0.4, 0.5) is 0 Å². The van der Waals surface area contributed by atoms with Crippen LogP contribution in [0.25, 0.3) is 11.5 Å². The number of methoxy groups -OCH3 is 1. The van der Waals surface area contributed by atoms with Crippen molar-refractivity contribution in [2.24, 2.45) is 0 Å². The highest BCUT2D eigenvalue weighted by Crippen LogP contribution is 2.23. The van der Waals surface area contributed by atoms with Gasteiger partial charge >= 0.3 is 0 Å². The van der Waals surface area contributed by atoms with Gasteiger partial charge in [0.25, 0.3) is 0 Å². The summed E-state index contributed by atoms with van der Waals surface area (Å²) in [6, 6.07) is 7.68. The molecule has 0 atom stereocenters. The molecular formula is C13H16N2O2. The fourth-order valence-corrected chi connectivity index (χ4v) is 1.56. The monoisotopic (exact) mass is 232 g/mol. The van der Waals surface area contributed by atoms with Crippen molar-refractivity contribution in [3.05, 3.63) is 36.2 Å². The summed E-state index contributed by atoms with van der Waals surface area (Å²) < 4.78 is 10.6. The molecule has 2 rings (SSSR count). The molecule has 2 aromatic rings. The van der Waals surface area contributed by atoms with Crippen molar-refractivity contribution in [2.45, 2.75) is 6.42 Å². The molecule has 90 valence electrons. The number of oxazole rings is 1. The Morgan fingerprint density at radius 2 is 2.29 bits per heavy atom. The van der Waals surface area contributed by atoms with Gasteiger partial charge in [-0.1, -0.05) is 6.07 Å². The molecule has 0 saturated carbocycles. The second kappa shape index (κ2) is 5.50. The third kappa shape index (κ3) is 2.85. The lowest BCUT2D eigenvalue weighted by Gasteiger charge is -2.00. The topological polar surface area (TPSA) is 47.3 Å². The van der Waals surface area contributed by atoms with Gasteiger partial charge in [0.05, 0.1) is 12.8 Å². The van der Waals surface area contributed by atoms with Crippen LogP contribution in [-0.4, -0.2) is 25.7 Å². The number of nitrogens with zero attached hydrogens (tertiary/aromatic N) is 1. The van der Waals surface area contributed by atoms with Gasteiger partial charge in [0.1, 0.15) is 12.0 Å². The van der Waals surface area contributed by atoms with Gasteiger partial charge in [-0.2, -0.15) is 0 Å². The summed E-state index contributed by atoms with van der Waals surface area (Å²) in [4.78, 5) is 4.43. The van der Waals surface area contributed by atoms with Crippen molar-refractivity contribution in [1.29, 1.82) is 0 Å². The van der Waals surface area contributed by atoms with E-state index in [-0.39, 0.29) is 0 Å². The molecule has 0 radical (unpaired) electrons. The van der Waals surface area contributed by atoms with Gasteiger partial charge < -0.3 is 14.5 Å². The highest BCUT2D eigenvalue weighted by Gasteiger charge is 2.07. The zero-order valence-electron chi connectivity index (χ0n) is 10.1. The van der Waals surface area contributed by atoms with E-state index in [4.69, 9.17) is 9.15 Å².